The normalized spacial score (nSPS) is 20.5. The zero-order chi connectivity index (χ0) is 13.8. The Bertz CT molecular complexity index is 316. The summed E-state index contributed by atoms with van der Waals surface area (Å²) in [7, 11) is 0. The summed E-state index contributed by atoms with van der Waals surface area (Å²) < 4.78 is 36.9. The van der Waals surface area contributed by atoms with Crippen LogP contribution in [0.25, 0.3) is 0 Å². The molecule has 0 aliphatic carbocycles. The quantitative estimate of drug-likeness (QED) is 0.855. The first kappa shape index (κ1) is 15.1. The average Bonchev–Trinajstić information content (AvgIpc) is 2.26. The van der Waals surface area contributed by atoms with Gasteiger partial charge in [-0.2, -0.15) is 13.2 Å². The van der Waals surface area contributed by atoms with Crippen LogP contribution < -0.4 is 0 Å². The van der Waals surface area contributed by atoms with Gasteiger partial charge in [0.15, 0.2) is 0 Å². The van der Waals surface area contributed by atoms with Crippen molar-refractivity contribution < 1.29 is 27.9 Å². The van der Waals surface area contributed by atoms with Crippen molar-refractivity contribution >= 4 is 23.6 Å². The molecule has 0 radical (unpaired) electrons. The Morgan fingerprint density at radius 3 is 2.44 bits per heavy atom. The molecule has 1 unspecified atom stereocenters. The standard InChI is InChI=1S/C10H14F3NO3S/c11-10(12,13)6-14(5-8(15)16)9(17)7-3-1-2-4-18-7/h7H,1-6H2,(H,15,16). The van der Waals surface area contributed by atoms with Crippen LogP contribution in [0.3, 0.4) is 0 Å². The van der Waals surface area contributed by atoms with Crippen molar-refractivity contribution in [2.45, 2.75) is 30.7 Å². The van der Waals surface area contributed by atoms with Crippen molar-refractivity contribution in [3.8, 4) is 0 Å². The van der Waals surface area contributed by atoms with Crippen LogP contribution in [0.1, 0.15) is 19.3 Å². The predicted octanol–water partition coefficient (Wildman–Crippen LogP) is 1.75. The van der Waals surface area contributed by atoms with Crippen LogP contribution in [-0.2, 0) is 9.59 Å². The molecule has 1 heterocycles. The number of carboxylic acid groups (broad SMARTS) is 1. The average molecular weight is 285 g/mol. The molecule has 1 aliphatic rings. The molecule has 1 saturated heterocycles. The molecule has 104 valence electrons. The number of amides is 1. The fourth-order valence-corrected chi connectivity index (χ4v) is 3.01. The van der Waals surface area contributed by atoms with E-state index in [0.717, 1.165) is 18.6 Å². The summed E-state index contributed by atoms with van der Waals surface area (Å²) in [6.45, 7) is -2.41. The summed E-state index contributed by atoms with van der Waals surface area (Å²) in [5.74, 6) is -1.43. The summed E-state index contributed by atoms with van der Waals surface area (Å²) in [6, 6.07) is 0. The minimum Gasteiger partial charge on any atom is -0.480 e. The van der Waals surface area contributed by atoms with E-state index < -0.39 is 36.4 Å². The van der Waals surface area contributed by atoms with Crippen molar-refractivity contribution in [3.63, 3.8) is 0 Å². The Labute approximate surface area is 107 Å². The molecule has 1 N–H and O–H groups in total. The molecule has 1 atom stereocenters. The van der Waals surface area contributed by atoms with E-state index in [1.807, 2.05) is 0 Å². The van der Waals surface area contributed by atoms with E-state index in [9.17, 15) is 22.8 Å². The third-order valence-electron chi connectivity index (χ3n) is 2.46. The maximum absolute atomic E-state index is 12.3. The molecule has 8 heteroatoms. The van der Waals surface area contributed by atoms with Crippen LogP contribution in [0, 0.1) is 0 Å². The number of aliphatic carboxylic acids is 1. The number of hydrogen-bond donors (Lipinski definition) is 1. The fourth-order valence-electron chi connectivity index (χ4n) is 1.73. The Kier molecular flexibility index (Phi) is 5.30. The highest BCUT2D eigenvalue weighted by Gasteiger charge is 2.36. The van der Waals surface area contributed by atoms with Gasteiger partial charge in [0.2, 0.25) is 5.91 Å². The number of carbonyl (C=O) groups is 2. The number of carbonyl (C=O) groups excluding carboxylic acids is 1. The zero-order valence-corrected chi connectivity index (χ0v) is 10.4. The number of rotatable bonds is 4. The lowest BCUT2D eigenvalue weighted by Gasteiger charge is -2.28. The Morgan fingerprint density at radius 2 is 2.00 bits per heavy atom. The van der Waals surface area contributed by atoms with Gasteiger partial charge in [0.05, 0.1) is 5.25 Å². The number of alkyl halides is 3. The largest absolute Gasteiger partial charge is 0.480 e. The van der Waals surface area contributed by atoms with E-state index in [2.05, 4.69) is 0 Å². The lowest BCUT2D eigenvalue weighted by molar-refractivity contribution is -0.165. The summed E-state index contributed by atoms with van der Waals surface area (Å²) in [5, 5.41) is 8.02. The Morgan fingerprint density at radius 1 is 1.33 bits per heavy atom. The van der Waals surface area contributed by atoms with E-state index in [0.29, 0.717) is 11.3 Å². The van der Waals surface area contributed by atoms with Gasteiger partial charge in [-0.1, -0.05) is 6.42 Å². The van der Waals surface area contributed by atoms with Gasteiger partial charge in [0.1, 0.15) is 13.1 Å². The molecular formula is C10H14F3NO3S. The minimum atomic E-state index is -4.58. The maximum Gasteiger partial charge on any atom is 0.406 e. The van der Waals surface area contributed by atoms with Crippen LogP contribution in [0.2, 0.25) is 0 Å². The van der Waals surface area contributed by atoms with Gasteiger partial charge >= 0.3 is 12.1 Å². The fraction of sp³-hybridized carbons (Fsp3) is 0.800. The SMILES string of the molecule is O=C(O)CN(CC(F)(F)F)C(=O)C1CCCCS1. The molecule has 0 saturated carbocycles. The van der Waals surface area contributed by atoms with Crippen molar-refractivity contribution in [3.05, 3.63) is 0 Å². The van der Waals surface area contributed by atoms with Gasteiger partial charge in [-0.15, -0.1) is 11.8 Å². The van der Waals surface area contributed by atoms with Crippen LogP contribution in [-0.4, -0.2) is 52.2 Å². The second-order valence-corrected chi connectivity index (χ2v) is 5.37. The number of thioether (sulfide) groups is 1. The van der Waals surface area contributed by atoms with Crippen molar-refractivity contribution in [2.24, 2.45) is 0 Å². The maximum atomic E-state index is 12.3. The van der Waals surface area contributed by atoms with Crippen LogP contribution in [0.5, 0.6) is 0 Å². The second-order valence-electron chi connectivity index (χ2n) is 4.06. The molecule has 4 nitrogen and oxygen atoms in total. The molecule has 1 fully saturated rings. The van der Waals surface area contributed by atoms with Crippen LogP contribution >= 0.6 is 11.8 Å². The van der Waals surface area contributed by atoms with Crippen LogP contribution in [0.15, 0.2) is 0 Å². The highest BCUT2D eigenvalue weighted by atomic mass is 32.2. The molecule has 0 bridgehead atoms. The van der Waals surface area contributed by atoms with Gasteiger partial charge < -0.3 is 10.0 Å². The molecule has 0 aromatic rings. The predicted molar refractivity (Wildman–Crippen MR) is 60.4 cm³/mol. The number of carboxylic acids is 1. The third kappa shape index (κ3) is 5.16. The Hall–Kier alpha value is -0.920. The minimum absolute atomic E-state index is 0.380. The highest BCUT2D eigenvalue weighted by Crippen LogP contribution is 2.27. The molecule has 0 aromatic heterocycles. The van der Waals surface area contributed by atoms with Gasteiger partial charge in [0, 0.05) is 0 Å². The third-order valence-corrected chi connectivity index (χ3v) is 3.83. The first-order chi connectivity index (χ1) is 8.29. The lowest BCUT2D eigenvalue weighted by Crippen LogP contribution is -2.46. The smallest absolute Gasteiger partial charge is 0.406 e. The van der Waals surface area contributed by atoms with E-state index in [1.54, 1.807) is 0 Å². The first-order valence-corrected chi connectivity index (χ1v) is 6.53. The zero-order valence-electron chi connectivity index (χ0n) is 9.57. The van der Waals surface area contributed by atoms with Gasteiger partial charge in [0.25, 0.3) is 0 Å². The van der Waals surface area contributed by atoms with Gasteiger partial charge in [-0.05, 0) is 18.6 Å². The number of halogens is 3. The van der Waals surface area contributed by atoms with Crippen molar-refractivity contribution in [2.75, 3.05) is 18.8 Å². The number of nitrogens with zero attached hydrogens (tertiary/aromatic N) is 1. The van der Waals surface area contributed by atoms with Crippen LogP contribution in [0.4, 0.5) is 13.2 Å². The Balaban J connectivity index is 2.68. The van der Waals surface area contributed by atoms with Crippen molar-refractivity contribution in [1.82, 2.24) is 4.90 Å². The summed E-state index contributed by atoms with van der Waals surface area (Å²) in [4.78, 5) is 22.7. The molecule has 18 heavy (non-hydrogen) atoms. The van der Waals surface area contributed by atoms with E-state index in [1.165, 1.54) is 11.8 Å². The first-order valence-electron chi connectivity index (χ1n) is 5.48. The molecule has 1 aliphatic heterocycles. The van der Waals surface area contributed by atoms with Gasteiger partial charge in [-0.3, -0.25) is 9.59 Å². The molecule has 1 rings (SSSR count). The molecular weight excluding hydrogens is 271 g/mol. The lowest BCUT2D eigenvalue weighted by atomic mass is 10.1. The van der Waals surface area contributed by atoms with E-state index in [-0.39, 0.29) is 0 Å². The number of hydrogen-bond acceptors (Lipinski definition) is 3. The monoisotopic (exact) mass is 285 g/mol. The molecule has 0 spiro atoms. The van der Waals surface area contributed by atoms with Gasteiger partial charge in [-0.25, -0.2) is 0 Å². The summed E-state index contributed by atoms with van der Waals surface area (Å²) in [6.07, 6.45) is -2.34. The summed E-state index contributed by atoms with van der Waals surface area (Å²) in [5.41, 5.74) is 0. The van der Waals surface area contributed by atoms with E-state index in [4.69, 9.17) is 5.11 Å². The second kappa shape index (κ2) is 6.31. The molecule has 1 amide bonds. The van der Waals surface area contributed by atoms with Crippen molar-refractivity contribution in [1.29, 1.82) is 0 Å². The molecule has 0 aromatic carbocycles. The highest BCUT2D eigenvalue weighted by molar-refractivity contribution is 8.00. The topological polar surface area (TPSA) is 57.6 Å². The summed E-state index contributed by atoms with van der Waals surface area (Å²) >= 11 is 1.30. The van der Waals surface area contributed by atoms with E-state index >= 15 is 0 Å².